The molecule has 0 radical (unpaired) electrons. The summed E-state index contributed by atoms with van der Waals surface area (Å²) < 4.78 is 6.96. The van der Waals surface area contributed by atoms with Crippen molar-refractivity contribution in [1.82, 2.24) is 25.0 Å². The highest BCUT2D eigenvalue weighted by atomic mass is 32.2. The maximum absolute atomic E-state index is 13.1. The molecule has 4 rings (SSSR count). The molecule has 1 atom stereocenters. The molecule has 0 aliphatic heterocycles. The van der Waals surface area contributed by atoms with Crippen molar-refractivity contribution in [3.05, 3.63) is 66.4 Å². The smallest absolute Gasteiger partial charge is 0.238 e. The highest BCUT2D eigenvalue weighted by molar-refractivity contribution is 8.00. The quantitative estimate of drug-likeness (QED) is 0.361. The number of benzene rings is 2. The van der Waals surface area contributed by atoms with Gasteiger partial charge in [-0.25, -0.2) is 9.67 Å². The van der Waals surface area contributed by atoms with Gasteiger partial charge in [-0.15, -0.1) is 5.10 Å². The number of para-hydroxylation sites is 1. The number of H-pyrrole nitrogens is 1. The molecule has 0 saturated carbocycles. The molecule has 0 bridgehead atoms. The minimum absolute atomic E-state index is 0.154. The predicted molar refractivity (Wildman–Crippen MR) is 135 cm³/mol. The molecule has 2 heterocycles. The fourth-order valence-electron chi connectivity index (χ4n) is 3.22. The highest BCUT2D eigenvalue weighted by Crippen LogP contribution is 2.28. The van der Waals surface area contributed by atoms with Crippen LogP contribution in [0, 0.1) is 0 Å². The zero-order valence-electron chi connectivity index (χ0n) is 19.9. The van der Waals surface area contributed by atoms with E-state index in [1.165, 1.54) is 11.8 Å². The Balaban J connectivity index is 1.49. The van der Waals surface area contributed by atoms with Crippen molar-refractivity contribution in [3.8, 4) is 22.8 Å². The van der Waals surface area contributed by atoms with Gasteiger partial charge in [-0.1, -0.05) is 50.7 Å². The van der Waals surface area contributed by atoms with Crippen molar-refractivity contribution in [3.63, 3.8) is 0 Å². The SMILES string of the molecule is COc1ccc(-c2nc(S[C@@H](C)C(=O)Nc3cc(C(C)(C)C)nn3-c3ccccc3)n[nH]2)cc1. The number of amides is 1. The number of anilines is 1. The van der Waals surface area contributed by atoms with Gasteiger partial charge in [-0.05, 0) is 43.3 Å². The van der Waals surface area contributed by atoms with Gasteiger partial charge in [-0.2, -0.15) is 5.10 Å². The summed E-state index contributed by atoms with van der Waals surface area (Å²) in [5.41, 5.74) is 2.51. The number of rotatable bonds is 7. The van der Waals surface area contributed by atoms with Gasteiger partial charge in [0.1, 0.15) is 11.6 Å². The zero-order valence-corrected chi connectivity index (χ0v) is 20.7. The van der Waals surface area contributed by atoms with E-state index in [9.17, 15) is 4.79 Å². The van der Waals surface area contributed by atoms with E-state index in [4.69, 9.17) is 9.84 Å². The molecule has 176 valence electrons. The maximum atomic E-state index is 13.1. The van der Waals surface area contributed by atoms with E-state index in [-0.39, 0.29) is 11.3 Å². The molecule has 2 N–H and O–H groups in total. The van der Waals surface area contributed by atoms with E-state index in [0.717, 1.165) is 22.7 Å². The van der Waals surface area contributed by atoms with Crippen LogP contribution in [-0.2, 0) is 10.2 Å². The number of ether oxygens (including phenoxy) is 1. The maximum Gasteiger partial charge on any atom is 0.238 e. The Hall–Kier alpha value is -3.59. The number of carbonyl (C=O) groups is 1. The van der Waals surface area contributed by atoms with Gasteiger partial charge in [0.25, 0.3) is 0 Å². The highest BCUT2D eigenvalue weighted by Gasteiger charge is 2.24. The van der Waals surface area contributed by atoms with Gasteiger partial charge in [0, 0.05) is 17.0 Å². The van der Waals surface area contributed by atoms with Crippen LogP contribution >= 0.6 is 11.8 Å². The summed E-state index contributed by atoms with van der Waals surface area (Å²) in [6.45, 7) is 8.12. The second-order valence-corrected chi connectivity index (χ2v) is 10.2. The third kappa shape index (κ3) is 5.31. The lowest BCUT2D eigenvalue weighted by molar-refractivity contribution is -0.115. The van der Waals surface area contributed by atoms with Crippen molar-refractivity contribution < 1.29 is 9.53 Å². The lowest BCUT2D eigenvalue weighted by Gasteiger charge is -2.14. The Bertz CT molecular complexity index is 1260. The zero-order chi connectivity index (χ0) is 24.3. The first kappa shape index (κ1) is 23.6. The summed E-state index contributed by atoms with van der Waals surface area (Å²) in [7, 11) is 1.63. The van der Waals surface area contributed by atoms with E-state index < -0.39 is 5.25 Å². The Morgan fingerprint density at radius 2 is 1.82 bits per heavy atom. The van der Waals surface area contributed by atoms with Crippen LogP contribution < -0.4 is 10.1 Å². The molecule has 0 aliphatic rings. The third-order valence-electron chi connectivity index (χ3n) is 5.21. The Morgan fingerprint density at radius 3 is 2.47 bits per heavy atom. The number of nitrogens with one attached hydrogen (secondary N) is 2. The molecule has 0 aliphatic carbocycles. The molecule has 34 heavy (non-hydrogen) atoms. The molecule has 8 nitrogen and oxygen atoms in total. The van der Waals surface area contributed by atoms with E-state index in [1.807, 2.05) is 67.6 Å². The fourth-order valence-corrected chi connectivity index (χ4v) is 3.94. The molecule has 0 fully saturated rings. The standard InChI is InChI=1S/C25H28N6O2S/c1-16(34-24-27-22(28-29-24)17-11-13-19(33-5)14-12-17)23(32)26-21-15-20(25(2,3)4)30-31(21)18-9-7-6-8-10-18/h6-16H,1-5H3,(H,26,32)(H,27,28,29)/t16-/m0/s1. The topological polar surface area (TPSA) is 97.7 Å². The van der Waals surface area contributed by atoms with Crippen molar-refractivity contribution in [2.45, 2.75) is 43.5 Å². The van der Waals surface area contributed by atoms with Gasteiger partial charge in [0.2, 0.25) is 11.1 Å². The number of methoxy groups -OCH3 is 1. The van der Waals surface area contributed by atoms with Crippen LogP contribution in [0.15, 0.2) is 65.8 Å². The summed E-state index contributed by atoms with van der Waals surface area (Å²) in [6, 6.07) is 19.2. The molecule has 4 aromatic rings. The molecule has 0 saturated heterocycles. The summed E-state index contributed by atoms with van der Waals surface area (Å²) in [5, 5.41) is 15.1. The largest absolute Gasteiger partial charge is 0.497 e. The number of aromatic nitrogens is 5. The van der Waals surface area contributed by atoms with Crippen molar-refractivity contribution in [2.75, 3.05) is 12.4 Å². The van der Waals surface area contributed by atoms with Crippen molar-refractivity contribution in [2.24, 2.45) is 0 Å². The van der Waals surface area contributed by atoms with E-state index in [0.29, 0.717) is 16.8 Å². The number of aromatic amines is 1. The molecule has 2 aromatic carbocycles. The van der Waals surface area contributed by atoms with Gasteiger partial charge in [-0.3, -0.25) is 9.89 Å². The van der Waals surface area contributed by atoms with Crippen LogP contribution in [0.3, 0.4) is 0 Å². The van der Waals surface area contributed by atoms with Crippen LogP contribution in [0.1, 0.15) is 33.4 Å². The minimum atomic E-state index is -0.420. The van der Waals surface area contributed by atoms with E-state index >= 15 is 0 Å². The third-order valence-corrected chi connectivity index (χ3v) is 6.17. The molecule has 9 heteroatoms. The fraction of sp³-hybridized carbons (Fsp3) is 0.280. The first-order chi connectivity index (χ1) is 16.2. The van der Waals surface area contributed by atoms with Gasteiger partial charge < -0.3 is 10.1 Å². The van der Waals surface area contributed by atoms with Crippen molar-refractivity contribution in [1.29, 1.82) is 0 Å². The second kappa shape index (κ2) is 9.72. The van der Waals surface area contributed by atoms with Crippen LogP contribution in [0.5, 0.6) is 5.75 Å². The summed E-state index contributed by atoms with van der Waals surface area (Å²) in [4.78, 5) is 17.6. The summed E-state index contributed by atoms with van der Waals surface area (Å²) in [6.07, 6.45) is 0. The normalized spacial score (nSPS) is 12.4. The Kier molecular flexibility index (Phi) is 6.74. The number of carbonyl (C=O) groups excluding carboxylic acids is 1. The molecule has 1 amide bonds. The van der Waals surface area contributed by atoms with E-state index in [2.05, 4.69) is 41.3 Å². The molecule has 0 spiro atoms. The molecule has 0 unspecified atom stereocenters. The number of thioether (sulfide) groups is 1. The molecular formula is C25H28N6O2S. The van der Waals surface area contributed by atoms with Crippen LogP contribution in [0.25, 0.3) is 17.1 Å². The number of hydrogen-bond donors (Lipinski definition) is 2. The Labute approximate surface area is 203 Å². The van der Waals surface area contributed by atoms with Crippen LogP contribution in [0.4, 0.5) is 5.82 Å². The first-order valence-corrected chi connectivity index (χ1v) is 11.8. The lowest BCUT2D eigenvalue weighted by Crippen LogP contribution is -2.24. The first-order valence-electron chi connectivity index (χ1n) is 10.9. The number of hydrogen-bond acceptors (Lipinski definition) is 6. The van der Waals surface area contributed by atoms with Gasteiger partial charge in [0.05, 0.1) is 23.7 Å². The average Bonchev–Trinajstić information content (AvgIpc) is 3.47. The van der Waals surface area contributed by atoms with E-state index in [1.54, 1.807) is 11.8 Å². The number of nitrogens with zero attached hydrogens (tertiary/aromatic N) is 4. The van der Waals surface area contributed by atoms with Crippen molar-refractivity contribution >= 4 is 23.5 Å². The monoisotopic (exact) mass is 476 g/mol. The molecular weight excluding hydrogens is 448 g/mol. The molecule has 2 aromatic heterocycles. The minimum Gasteiger partial charge on any atom is -0.497 e. The lowest BCUT2D eigenvalue weighted by atomic mass is 9.92. The predicted octanol–water partition coefficient (Wildman–Crippen LogP) is 5.08. The van der Waals surface area contributed by atoms with Gasteiger partial charge in [0.15, 0.2) is 5.82 Å². The summed E-state index contributed by atoms with van der Waals surface area (Å²) in [5.74, 6) is 1.88. The second-order valence-electron chi connectivity index (χ2n) is 8.86. The summed E-state index contributed by atoms with van der Waals surface area (Å²) >= 11 is 1.29. The van der Waals surface area contributed by atoms with Crippen LogP contribution in [0.2, 0.25) is 0 Å². The Morgan fingerprint density at radius 1 is 1.12 bits per heavy atom. The average molecular weight is 477 g/mol. The van der Waals surface area contributed by atoms with Crippen LogP contribution in [-0.4, -0.2) is 43.2 Å². The van der Waals surface area contributed by atoms with Gasteiger partial charge >= 0.3 is 0 Å².